The molecule has 2 heterocycles. The van der Waals surface area contributed by atoms with Gasteiger partial charge in [-0.1, -0.05) is 59.8 Å². The second kappa shape index (κ2) is 8.03. The molecule has 0 N–H and O–H groups in total. The molecule has 7 nitrogen and oxygen atoms in total. The van der Waals surface area contributed by atoms with E-state index in [1.54, 1.807) is 29.0 Å². The fourth-order valence-corrected chi connectivity index (χ4v) is 5.45. The zero-order chi connectivity index (χ0) is 21.3. The molecule has 8 heteroatoms. The monoisotopic (exact) mass is 434 g/mol. The number of aromatic nitrogens is 3. The van der Waals surface area contributed by atoms with E-state index in [9.17, 15) is 8.42 Å². The molecule has 3 aromatic rings. The highest BCUT2D eigenvalue weighted by Gasteiger charge is 2.35. The van der Waals surface area contributed by atoms with Crippen molar-refractivity contribution in [3.05, 3.63) is 83.9 Å². The largest absolute Gasteiger partial charge is 0.484 e. The van der Waals surface area contributed by atoms with Gasteiger partial charge in [-0.3, -0.25) is 4.31 Å². The van der Waals surface area contributed by atoms with Crippen molar-refractivity contribution >= 4 is 15.7 Å². The molecule has 0 bridgehead atoms. The van der Waals surface area contributed by atoms with Crippen molar-refractivity contribution in [3.8, 4) is 17.0 Å². The second-order valence-corrected chi connectivity index (χ2v) is 9.38. The summed E-state index contributed by atoms with van der Waals surface area (Å²) in [7, 11) is -3.68. The number of sulfonamides is 1. The minimum absolute atomic E-state index is 0.199. The minimum Gasteiger partial charge on any atom is -0.484 e. The Morgan fingerprint density at radius 1 is 1.03 bits per heavy atom. The van der Waals surface area contributed by atoms with Gasteiger partial charge in [0.1, 0.15) is 17.5 Å². The van der Waals surface area contributed by atoms with Crippen molar-refractivity contribution < 1.29 is 13.2 Å². The maximum Gasteiger partial charge on any atom is 0.264 e. The molecule has 1 aromatic heterocycles. The van der Waals surface area contributed by atoms with Gasteiger partial charge in [0.25, 0.3) is 10.0 Å². The Morgan fingerprint density at radius 2 is 1.84 bits per heavy atom. The van der Waals surface area contributed by atoms with Crippen molar-refractivity contribution in [3.63, 3.8) is 0 Å². The summed E-state index contributed by atoms with van der Waals surface area (Å²) in [6.07, 6.45) is 8.41. The maximum absolute atomic E-state index is 13.4. The van der Waals surface area contributed by atoms with E-state index in [2.05, 4.69) is 10.3 Å². The molecule has 0 spiro atoms. The molecule has 158 valence electrons. The van der Waals surface area contributed by atoms with Crippen LogP contribution in [0.5, 0.6) is 5.75 Å². The van der Waals surface area contributed by atoms with Crippen molar-refractivity contribution in [2.24, 2.45) is 0 Å². The Kier molecular flexibility index (Phi) is 5.07. The molecule has 0 radical (unpaired) electrons. The fourth-order valence-electron chi connectivity index (χ4n) is 3.83. The molecule has 1 atom stereocenters. The Bertz CT molecular complexity index is 1250. The lowest BCUT2D eigenvalue weighted by molar-refractivity contribution is 0.173. The Morgan fingerprint density at radius 3 is 2.65 bits per heavy atom. The summed E-state index contributed by atoms with van der Waals surface area (Å²) in [4.78, 5) is 0.335. The van der Waals surface area contributed by atoms with Gasteiger partial charge in [-0.25, -0.2) is 13.1 Å². The standard InChI is InChI=1S/C23H22N4O3S/c28-31(29,20-11-5-2-6-12-20)27-16-19(30-23-14-8-7-13-22(23)27)15-26-17-21(24-25-26)18-9-3-1-4-10-18/h1,3-5,7-14,17,19H,2,6,15-16H2. The molecular formula is C23H22N4O3S. The Hall–Kier alpha value is -3.39. The van der Waals surface area contributed by atoms with Crippen molar-refractivity contribution in [2.45, 2.75) is 25.5 Å². The molecule has 5 rings (SSSR count). The molecule has 1 aliphatic carbocycles. The molecule has 2 aromatic carbocycles. The lowest BCUT2D eigenvalue weighted by atomic mass is 10.2. The number of allylic oxidation sites excluding steroid dienone is 3. The number of hydrogen-bond acceptors (Lipinski definition) is 5. The van der Waals surface area contributed by atoms with Gasteiger partial charge in [-0.15, -0.1) is 5.10 Å². The highest BCUT2D eigenvalue weighted by molar-refractivity contribution is 7.96. The smallest absolute Gasteiger partial charge is 0.264 e. The van der Waals surface area contributed by atoms with E-state index >= 15 is 0 Å². The van der Waals surface area contributed by atoms with Crippen molar-refractivity contribution in [2.75, 3.05) is 10.8 Å². The van der Waals surface area contributed by atoms with Gasteiger partial charge in [0.2, 0.25) is 0 Å². The van der Waals surface area contributed by atoms with Gasteiger partial charge in [-0.05, 0) is 31.1 Å². The summed E-state index contributed by atoms with van der Waals surface area (Å²) in [5.74, 6) is 0.547. The van der Waals surface area contributed by atoms with Crippen LogP contribution < -0.4 is 9.04 Å². The Balaban J connectivity index is 1.42. The summed E-state index contributed by atoms with van der Waals surface area (Å²) in [5, 5.41) is 8.46. The summed E-state index contributed by atoms with van der Waals surface area (Å²) in [6, 6.07) is 17.0. The van der Waals surface area contributed by atoms with Gasteiger partial charge in [0.05, 0.1) is 29.9 Å². The van der Waals surface area contributed by atoms with Crippen LogP contribution in [-0.2, 0) is 16.6 Å². The minimum atomic E-state index is -3.68. The van der Waals surface area contributed by atoms with Gasteiger partial charge in [-0.2, -0.15) is 0 Å². The number of para-hydroxylation sites is 2. The van der Waals surface area contributed by atoms with Crippen LogP contribution in [-0.4, -0.2) is 36.1 Å². The van der Waals surface area contributed by atoms with Crippen molar-refractivity contribution in [1.82, 2.24) is 15.0 Å². The zero-order valence-electron chi connectivity index (χ0n) is 16.8. The predicted octanol–water partition coefficient (Wildman–Crippen LogP) is 3.78. The van der Waals surface area contributed by atoms with Gasteiger partial charge in [0, 0.05) is 5.56 Å². The number of benzene rings is 2. The highest BCUT2D eigenvalue weighted by atomic mass is 32.2. The first-order valence-corrected chi connectivity index (χ1v) is 11.7. The first kappa shape index (κ1) is 19.6. The number of anilines is 1. The van der Waals surface area contributed by atoms with Crippen LogP contribution in [0.4, 0.5) is 5.69 Å². The normalized spacial score (nSPS) is 18.3. The zero-order valence-corrected chi connectivity index (χ0v) is 17.6. The van der Waals surface area contributed by atoms with E-state index in [-0.39, 0.29) is 6.54 Å². The second-order valence-electron chi connectivity index (χ2n) is 7.52. The van der Waals surface area contributed by atoms with Crippen LogP contribution in [0.1, 0.15) is 12.8 Å². The highest BCUT2D eigenvalue weighted by Crippen LogP contribution is 2.37. The third kappa shape index (κ3) is 3.86. The van der Waals surface area contributed by atoms with E-state index in [1.165, 1.54) is 4.31 Å². The number of rotatable bonds is 5. The van der Waals surface area contributed by atoms with Crippen LogP contribution in [0, 0.1) is 0 Å². The number of nitrogens with zero attached hydrogens (tertiary/aromatic N) is 4. The molecular weight excluding hydrogens is 412 g/mol. The molecule has 1 unspecified atom stereocenters. The van der Waals surface area contributed by atoms with E-state index < -0.39 is 16.1 Å². The van der Waals surface area contributed by atoms with E-state index in [4.69, 9.17) is 4.74 Å². The number of fused-ring (bicyclic) bond motifs is 1. The van der Waals surface area contributed by atoms with Gasteiger partial charge in [0.15, 0.2) is 0 Å². The first-order valence-electron chi connectivity index (χ1n) is 10.2. The summed E-state index contributed by atoms with van der Waals surface area (Å²) in [5.41, 5.74) is 2.30. The van der Waals surface area contributed by atoms with Crippen LogP contribution in [0.3, 0.4) is 0 Å². The summed E-state index contributed by atoms with van der Waals surface area (Å²) >= 11 is 0. The lowest BCUT2D eigenvalue weighted by Gasteiger charge is -2.35. The van der Waals surface area contributed by atoms with Crippen LogP contribution in [0.25, 0.3) is 11.3 Å². The fraction of sp³-hybridized carbons (Fsp3) is 0.217. The first-order chi connectivity index (χ1) is 15.1. The molecule has 0 saturated heterocycles. The quantitative estimate of drug-likeness (QED) is 0.611. The topological polar surface area (TPSA) is 77.3 Å². The molecule has 0 fully saturated rings. The maximum atomic E-state index is 13.4. The van der Waals surface area contributed by atoms with Crippen LogP contribution >= 0.6 is 0 Å². The molecule has 0 saturated carbocycles. The van der Waals surface area contributed by atoms with Gasteiger partial charge >= 0.3 is 0 Å². The SMILES string of the molecule is O=S(=O)(C1=CCCC=C1)N1CC(Cn2cc(-c3ccccc3)nn2)Oc2ccccc21. The van der Waals surface area contributed by atoms with Crippen LogP contribution in [0.2, 0.25) is 0 Å². The number of ether oxygens (including phenoxy) is 1. The van der Waals surface area contributed by atoms with Crippen LogP contribution in [0.15, 0.2) is 83.9 Å². The van der Waals surface area contributed by atoms with Gasteiger partial charge < -0.3 is 4.74 Å². The van der Waals surface area contributed by atoms with E-state index in [0.29, 0.717) is 22.9 Å². The number of hydrogen-bond donors (Lipinski definition) is 0. The molecule has 0 amide bonds. The summed E-state index contributed by atoms with van der Waals surface area (Å²) in [6.45, 7) is 0.583. The average molecular weight is 435 g/mol. The summed E-state index contributed by atoms with van der Waals surface area (Å²) < 4.78 is 36.1. The Labute approximate surface area is 181 Å². The third-order valence-corrected chi connectivity index (χ3v) is 7.17. The molecule has 31 heavy (non-hydrogen) atoms. The molecule has 1 aliphatic heterocycles. The lowest BCUT2D eigenvalue weighted by Crippen LogP contribution is -2.45. The average Bonchev–Trinajstić information content (AvgIpc) is 3.28. The van der Waals surface area contributed by atoms with Crippen molar-refractivity contribution in [1.29, 1.82) is 0 Å². The third-order valence-electron chi connectivity index (χ3n) is 5.34. The van der Waals surface area contributed by atoms with E-state index in [0.717, 1.165) is 24.1 Å². The van der Waals surface area contributed by atoms with E-state index in [1.807, 2.05) is 54.7 Å². The molecule has 2 aliphatic rings. The predicted molar refractivity (Wildman–Crippen MR) is 119 cm³/mol.